The Labute approximate surface area is 168 Å². The smallest absolute Gasteiger partial charge is 0.191 e. The van der Waals surface area contributed by atoms with E-state index in [2.05, 4.69) is 84.8 Å². The number of nitrogens with zero attached hydrogens (tertiary/aromatic N) is 2. The molecule has 0 spiro atoms. The third kappa shape index (κ3) is 6.68. The quantitative estimate of drug-likeness (QED) is 0.372. The maximum atomic E-state index is 5.31. The van der Waals surface area contributed by atoms with Crippen molar-refractivity contribution in [2.45, 2.75) is 40.5 Å². The fourth-order valence-electron chi connectivity index (χ4n) is 2.86. The molecule has 0 fully saturated rings. The molecule has 144 valence electrons. The van der Waals surface area contributed by atoms with E-state index in [0.717, 1.165) is 29.9 Å². The zero-order chi connectivity index (χ0) is 19.6. The van der Waals surface area contributed by atoms with Gasteiger partial charge in [0.25, 0.3) is 0 Å². The number of hydrazone groups is 1. The molecule has 2 N–H and O–H groups in total. The number of benzene rings is 2. The molecule has 0 saturated carbocycles. The molecular weight excluding hydrogens is 352 g/mol. The van der Waals surface area contributed by atoms with Gasteiger partial charge in [-0.2, -0.15) is 5.10 Å². The van der Waals surface area contributed by atoms with E-state index in [-0.39, 0.29) is 0 Å². The normalized spacial score (nSPS) is 10.8. The van der Waals surface area contributed by atoms with Crippen molar-refractivity contribution in [3.63, 3.8) is 0 Å². The van der Waals surface area contributed by atoms with Crippen LogP contribution in [-0.2, 0) is 0 Å². The van der Waals surface area contributed by atoms with Gasteiger partial charge >= 0.3 is 0 Å². The predicted molar refractivity (Wildman–Crippen MR) is 122 cm³/mol. The molecule has 0 heterocycles. The van der Waals surface area contributed by atoms with Gasteiger partial charge in [-0.25, -0.2) is 0 Å². The predicted octanol–water partition coefficient (Wildman–Crippen LogP) is 5.25. The Balaban J connectivity index is 1.89. The lowest BCUT2D eigenvalue weighted by molar-refractivity contribution is 0.732. The van der Waals surface area contributed by atoms with Gasteiger partial charge in [-0.05, 0) is 68.7 Å². The Morgan fingerprint density at radius 2 is 1.85 bits per heavy atom. The maximum Gasteiger partial charge on any atom is 0.191 e. The van der Waals surface area contributed by atoms with E-state index in [4.69, 9.17) is 12.2 Å². The van der Waals surface area contributed by atoms with Crippen molar-refractivity contribution < 1.29 is 0 Å². The van der Waals surface area contributed by atoms with Crippen LogP contribution in [0.5, 0.6) is 0 Å². The van der Waals surface area contributed by atoms with Gasteiger partial charge in [0.15, 0.2) is 5.11 Å². The van der Waals surface area contributed by atoms with Crippen LogP contribution in [0.15, 0.2) is 47.6 Å². The lowest BCUT2D eigenvalue weighted by atomic mass is 10.1. The molecule has 0 aliphatic rings. The van der Waals surface area contributed by atoms with Crippen molar-refractivity contribution in [1.82, 2.24) is 5.43 Å². The summed E-state index contributed by atoms with van der Waals surface area (Å²) in [7, 11) is 0. The zero-order valence-electron chi connectivity index (χ0n) is 16.7. The first kappa shape index (κ1) is 20.9. The molecule has 5 heteroatoms. The van der Waals surface area contributed by atoms with Crippen molar-refractivity contribution in [2.75, 3.05) is 23.3 Å². The number of hydrogen-bond acceptors (Lipinski definition) is 3. The first-order chi connectivity index (χ1) is 13.0. The molecule has 0 aromatic heterocycles. The summed E-state index contributed by atoms with van der Waals surface area (Å²) in [5.41, 5.74) is 8.54. The van der Waals surface area contributed by atoms with Gasteiger partial charge in [0, 0.05) is 24.5 Å². The molecule has 0 bridgehead atoms. The fourth-order valence-corrected chi connectivity index (χ4v) is 3.02. The van der Waals surface area contributed by atoms with E-state index >= 15 is 0 Å². The van der Waals surface area contributed by atoms with Crippen molar-refractivity contribution in [2.24, 2.45) is 5.10 Å². The third-order valence-corrected chi connectivity index (χ3v) is 4.62. The monoisotopic (exact) mass is 382 g/mol. The largest absolute Gasteiger partial charge is 0.372 e. The number of anilines is 2. The van der Waals surface area contributed by atoms with Crippen LogP contribution < -0.4 is 15.6 Å². The van der Waals surface area contributed by atoms with E-state index < -0.39 is 0 Å². The highest BCUT2D eigenvalue weighted by Gasteiger charge is 2.03. The van der Waals surface area contributed by atoms with Crippen LogP contribution in [0.1, 0.15) is 43.4 Å². The zero-order valence-corrected chi connectivity index (χ0v) is 17.6. The van der Waals surface area contributed by atoms with Crippen LogP contribution in [0.3, 0.4) is 0 Å². The highest BCUT2D eigenvalue weighted by Crippen LogP contribution is 2.16. The number of thiocarbonyl (C=S) groups is 1. The summed E-state index contributed by atoms with van der Waals surface area (Å²) in [6.45, 7) is 10.7. The molecular formula is C22H30N4S. The summed E-state index contributed by atoms with van der Waals surface area (Å²) in [4.78, 5) is 2.39. The Bertz CT molecular complexity index is 768. The summed E-state index contributed by atoms with van der Waals surface area (Å²) < 4.78 is 0. The maximum absolute atomic E-state index is 5.31. The Morgan fingerprint density at radius 1 is 1.11 bits per heavy atom. The van der Waals surface area contributed by atoms with E-state index in [0.29, 0.717) is 5.11 Å². The van der Waals surface area contributed by atoms with Gasteiger partial charge in [0.05, 0.1) is 6.21 Å². The van der Waals surface area contributed by atoms with Crippen LogP contribution in [0.25, 0.3) is 0 Å². The molecule has 0 saturated heterocycles. The Kier molecular flexibility index (Phi) is 8.27. The molecule has 2 aromatic carbocycles. The van der Waals surface area contributed by atoms with E-state index in [1.165, 1.54) is 24.1 Å². The highest BCUT2D eigenvalue weighted by atomic mass is 32.1. The number of unbranched alkanes of at least 4 members (excludes halogenated alkanes) is 1. The van der Waals surface area contributed by atoms with Crippen molar-refractivity contribution in [1.29, 1.82) is 0 Å². The van der Waals surface area contributed by atoms with Crippen LogP contribution in [0.4, 0.5) is 11.4 Å². The average Bonchev–Trinajstić information content (AvgIpc) is 2.66. The van der Waals surface area contributed by atoms with Gasteiger partial charge in [-0.3, -0.25) is 5.43 Å². The molecule has 27 heavy (non-hydrogen) atoms. The van der Waals surface area contributed by atoms with E-state index in [1.807, 2.05) is 6.07 Å². The lowest BCUT2D eigenvalue weighted by Gasteiger charge is -2.22. The van der Waals surface area contributed by atoms with Crippen LogP contribution >= 0.6 is 12.2 Å². The van der Waals surface area contributed by atoms with Gasteiger partial charge < -0.3 is 10.2 Å². The Hall–Kier alpha value is -2.40. The third-order valence-electron chi connectivity index (χ3n) is 4.43. The minimum atomic E-state index is 0.478. The van der Waals surface area contributed by atoms with Gasteiger partial charge in [-0.1, -0.05) is 43.2 Å². The van der Waals surface area contributed by atoms with Gasteiger partial charge in [0.2, 0.25) is 0 Å². The summed E-state index contributed by atoms with van der Waals surface area (Å²) in [5, 5.41) is 7.89. The van der Waals surface area contributed by atoms with E-state index in [1.54, 1.807) is 6.21 Å². The average molecular weight is 383 g/mol. The number of rotatable bonds is 8. The number of aryl methyl sites for hydroxylation is 2. The standard InChI is InChI=1S/C22H30N4S/c1-5-7-14-26(6-2)20-11-9-19(10-12-20)16-23-25-22(27)24-21-13-8-17(3)15-18(21)4/h8-13,15-16H,5-7,14H2,1-4H3,(H2,24,25,27)/b23-16+. The summed E-state index contributed by atoms with van der Waals surface area (Å²) in [5.74, 6) is 0. The van der Waals surface area contributed by atoms with Crippen LogP contribution in [-0.4, -0.2) is 24.4 Å². The fraction of sp³-hybridized carbons (Fsp3) is 0.364. The minimum absolute atomic E-state index is 0.478. The summed E-state index contributed by atoms with van der Waals surface area (Å²) in [6, 6.07) is 14.7. The number of hydrogen-bond donors (Lipinski definition) is 2. The second-order valence-corrected chi connectivity index (χ2v) is 7.08. The van der Waals surface area contributed by atoms with Gasteiger partial charge in [0.1, 0.15) is 0 Å². The first-order valence-electron chi connectivity index (χ1n) is 9.55. The molecule has 2 rings (SSSR count). The van der Waals surface area contributed by atoms with Gasteiger partial charge in [-0.15, -0.1) is 0 Å². The molecule has 0 atom stereocenters. The first-order valence-corrected chi connectivity index (χ1v) is 9.96. The van der Waals surface area contributed by atoms with Crippen LogP contribution in [0, 0.1) is 13.8 Å². The number of nitrogens with one attached hydrogen (secondary N) is 2. The second-order valence-electron chi connectivity index (χ2n) is 6.67. The summed E-state index contributed by atoms with van der Waals surface area (Å²) in [6.07, 6.45) is 4.21. The van der Waals surface area contributed by atoms with E-state index in [9.17, 15) is 0 Å². The molecule has 2 aromatic rings. The molecule has 0 aliphatic heterocycles. The Morgan fingerprint density at radius 3 is 2.48 bits per heavy atom. The second kappa shape index (κ2) is 10.7. The molecule has 0 amide bonds. The SMILES string of the molecule is CCCCN(CC)c1ccc(/C=N/NC(=S)Nc2ccc(C)cc2C)cc1. The van der Waals surface area contributed by atoms with Crippen molar-refractivity contribution in [3.05, 3.63) is 59.2 Å². The molecule has 4 nitrogen and oxygen atoms in total. The van der Waals surface area contributed by atoms with Crippen molar-refractivity contribution >= 4 is 34.9 Å². The molecule has 0 radical (unpaired) electrons. The van der Waals surface area contributed by atoms with Crippen molar-refractivity contribution in [3.8, 4) is 0 Å². The summed E-state index contributed by atoms with van der Waals surface area (Å²) >= 11 is 5.31. The van der Waals surface area contributed by atoms with Crippen LogP contribution in [0.2, 0.25) is 0 Å². The minimum Gasteiger partial charge on any atom is -0.372 e. The topological polar surface area (TPSA) is 39.7 Å². The lowest BCUT2D eigenvalue weighted by Crippen LogP contribution is -2.24. The molecule has 0 aliphatic carbocycles. The molecule has 0 unspecified atom stereocenters. The highest BCUT2D eigenvalue weighted by molar-refractivity contribution is 7.80.